The first-order chi connectivity index (χ1) is 9.42. The Kier molecular flexibility index (Phi) is 6.50. The maximum Gasteiger partial charge on any atom is 0.122 e. The minimum Gasteiger partial charge on any atom is -0.496 e. The van der Waals surface area contributed by atoms with Gasteiger partial charge in [0.2, 0.25) is 0 Å². The van der Waals surface area contributed by atoms with E-state index in [0.717, 1.165) is 25.0 Å². The van der Waals surface area contributed by atoms with E-state index >= 15 is 0 Å². The molecule has 2 unspecified atom stereocenters. The zero-order valence-electron chi connectivity index (χ0n) is 13.5. The molecule has 0 aliphatic rings. The van der Waals surface area contributed by atoms with Gasteiger partial charge in [0.15, 0.2) is 0 Å². The Hall–Kier alpha value is -1.06. The number of hydrogen-bond acceptors (Lipinski definition) is 3. The van der Waals surface area contributed by atoms with Gasteiger partial charge in [-0.15, -0.1) is 0 Å². The molecule has 1 aromatic rings. The number of hydrogen-bond donors (Lipinski definition) is 2. The summed E-state index contributed by atoms with van der Waals surface area (Å²) in [5.74, 6) is 0.937. The molecule has 0 amide bonds. The number of benzene rings is 1. The third-order valence-electron chi connectivity index (χ3n) is 4.23. The molecule has 0 aromatic heterocycles. The Labute approximate surface area is 123 Å². The zero-order chi connectivity index (χ0) is 15.3. The SMILES string of the molecule is CCCC(N)C(O)CCc1c(C)cc(OC)c(C)c1C. The highest BCUT2D eigenvalue weighted by Crippen LogP contribution is 2.28. The molecule has 3 nitrogen and oxygen atoms in total. The summed E-state index contributed by atoms with van der Waals surface area (Å²) < 4.78 is 5.39. The predicted octanol–water partition coefficient (Wildman–Crippen LogP) is 3.04. The van der Waals surface area contributed by atoms with Crippen LogP contribution < -0.4 is 10.5 Å². The smallest absolute Gasteiger partial charge is 0.122 e. The number of nitrogens with two attached hydrogens (primary N) is 1. The standard InChI is InChI=1S/C17H29NO2/c1-6-7-15(18)16(19)9-8-14-11(2)10-17(20-5)13(4)12(14)3/h10,15-16,19H,6-9,18H2,1-5H3. The van der Waals surface area contributed by atoms with Gasteiger partial charge >= 0.3 is 0 Å². The van der Waals surface area contributed by atoms with Crippen molar-refractivity contribution in [3.63, 3.8) is 0 Å². The van der Waals surface area contributed by atoms with Crippen LogP contribution in [0.5, 0.6) is 5.75 Å². The third-order valence-corrected chi connectivity index (χ3v) is 4.23. The van der Waals surface area contributed by atoms with Crippen molar-refractivity contribution in [3.8, 4) is 5.75 Å². The molecule has 0 spiro atoms. The highest BCUT2D eigenvalue weighted by Gasteiger charge is 2.16. The average molecular weight is 279 g/mol. The van der Waals surface area contributed by atoms with Gasteiger partial charge in [0, 0.05) is 6.04 Å². The van der Waals surface area contributed by atoms with E-state index in [0.29, 0.717) is 6.42 Å². The van der Waals surface area contributed by atoms with Crippen molar-refractivity contribution in [2.24, 2.45) is 5.73 Å². The van der Waals surface area contributed by atoms with Crippen molar-refractivity contribution in [2.75, 3.05) is 7.11 Å². The van der Waals surface area contributed by atoms with Crippen molar-refractivity contribution in [1.82, 2.24) is 0 Å². The number of ether oxygens (including phenoxy) is 1. The molecule has 3 heteroatoms. The maximum absolute atomic E-state index is 10.1. The molecule has 0 radical (unpaired) electrons. The minimum absolute atomic E-state index is 0.111. The van der Waals surface area contributed by atoms with Crippen LogP contribution in [0.3, 0.4) is 0 Å². The highest BCUT2D eigenvalue weighted by atomic mass is 16.5. The Morgan fingerprint density at radius 2 is 1.85 bits per heavy atom. The molecule has 1 aromatic carbocycles. The van der Waals surface area contributed by atoms with E-state index in [1.165, 1.54) is 22.3 Å². The molecule has 0 fully saturated rings. The molecule has 2 atom stereocenters. The van der Waals surface area contributed by atoms with E-state index < -0.39 is 6.10 Å². The highest BCUT2D eigenvalue weighted by molar-refractivity contribution is 5.48. The molecule has 0 saturated heterocycles. The van der Waals surface area contributed by atoms with Gasteiger partial charge in [0.1, 0.15) is 5.75 Å². The number of aliphatic hydroxyl groups is 1. The van der Waals surface area contributed by atoms with Crippen molar-refractivity contribution >= 4 is 0 Å². The number of aryl methyl sites for hydroxylation is 1. The van der Waals surface area contributed by atoms with E-state index in [9.17, 15) is 5.11 Å². The lowest BCUT2D eigenvalue weighted by Crippen LogP contribution is -2.34. The molecular weight excluding hydrogens is 250 g/mol. The quantitative estimate of drug-likeness (QED) is 0.806. The fourth-order valence-corrected chi connectivity index (χ4v) is 2.73. The Bertz CT molecular complexity index is 443. The van der Waals surface area contributed by atoms with Crippen LogP contribution in [-0.4, -0.2) is 24.4 Å². The van der Waals surface area contributed by atoms with Crippen molar-refractivity contribution in [2.45, 2.75) is 65.5 Å². The van der Waals surface area contributed by atoms with Gasteiger partial charge < -0.3 is 15.6 Å². The van der Waals surface area contributed by atoms with Crippen molar-refractivity contribution < 1.29 is 9.84 Å². The van der Waals surface area contributed by atoms with Crippen LogP contribution in [0.1, 0.15) is 48.4 Å². The summed E-state index contributed by atoms with van der Waals surface area (Å²) >= 11 is 0. The van der Waals surface area contributed by atoms with Crippen molar-refractivity contribution in [1.29, 1.82) is 0 Å². The molecular formula is C17H29NO2. The van der Waals surface area contributed by atoms with E-state index in [1.54, 1.807) is 7.11 Å². The van der Waals surface area contributed by atoms with Gasteiger partial charge in [-0.2, -0.15) is 0 Å². The third kappa shape index (κ3) is 3.97. The summed E-state index contributed by atoms with van der Waals surface area (Å²) in [6, 6.07) is 1.97. The molecule has 0 heterocycles. The monoisotopic (exact) mass is 279 g/mol. The largest absolute Gasteiger partial charge is 0.496 e. The lowest BCUT2D eigenvalue weighted by Gasteiger charge is -2.20. The first-order valence-electron chi connectivity index (χ1n) is 7.49. The Morgan fingerprint density at radius 3 is 2.40 bits per heavy atom. The van der Waals surface area contributed by atoms with Crippen LogP contribution >= 0.6 is 0 Å². The molecule has 1 rings (SSSR count). The number of aliphatic hydroxyl groups excluding tert-OH is 1. The molecule has 114 valence electrons. The average Bonchev–Trinajstić information content (AvgIpc) is 2.42. The molecule has 0 aliphatic carbocycles. The van der Waals surface area contributed by atoms with Crippen molar-refractivity contribution in [3.05, 3.63) is 28.3 Å². The van der Waals surface area contributed by atoms with Gasteiger partial charge in [0.25, 0.3) is 0 Å². The summed E-state index contributed by atoms with van der Waals surface area (Å²) in [6.45, 7) is 8.39. The Balaban J connectivity index is 2.81. The molecule has 0 saturated carbocycles. The lowest BCUT2D eigenvalue weighted by atomic mass is 9.91. The molecule has 3 N–H and O–H groups in total. The normalized spacial score (nSPS) is 14.2. The fourth-order valence-electron chi connectivity index (χ4n) is 2.73. The summed E-state index contributed by atoms with van der Waals surface area (Å²) in [5, 5.41) is 10.1. The number of rotatable bonds is 7. The maximum atomic E-state index is 10.1. The van der Waals surface area contributed by atoms with E-state index in [1.807, 2.05) is 0 Å². The van der Waals surface area contributed by atoms with Crippen LogP contribution in [0.25, 0.3) is 0 Å². The van der Waals surface area contributed by atoms with Gasteiger partial charge in [-0.05, 0) is 68.4 Å². The summed E-state index contributed by atoms with van der Waals surface area (Å²) in [4.78, 5) is 0. The van der Waals surface area contributed by atoms with Crippen LogP contribution in [0.4, 0.5) is 0 Å². The second kappa shape index (κ2) is 7.65. The Morgan fingerprint density at radius 1 is 1.20 bits per heavy atom. The van der Waals surface area contributed by atoms with Crippen LogP contribution in [0.2, 0.25) is 0 Å². The number of methoxy groups -OCH3 is 1. The van der Waals surface area contributed by atoms with Gasteiger partial charge in [-0.3, -0.25) is 0 Å². The fraction of sp³-hybridized carbons (Fsp3) is 0.647. The van der Waals surface area contributed by atoms with Gasteiger partial charge in [-0.1, -0.05) is 13.3 Å². The van der Waals surface area contributed by atoms with Crippen LogP contribution in [-0.2, 0) is 6.42 Å². The van der Waals surface area contributed by atoms with Crippen LogP contribution in [0, 0.1) is 20.8 Å². The van der Waals surface area contributed by atoms with Crippen LogP contribution in [0.15, 0.2) is 6.07 Å². The molecule has 0 aliphatic heterocycles. The van der Waals surface area contributed by atoms with Gasteiger partial charge in [0.05, 0.1) is 13.2 Å². The topological polar surface area (TPSA) is 55.5 Å². The van der Waals surface area contributed by atoms with E-state index in [4.69, 9.17) is 10.5 Å². The first-order valence-corrected chi connectivity index (χ1v) is 7.49. The molecule has 0 bridgehead atoms. The minimum atomic E-state index is -0.420. The predicted molar refractivity (Wildman–Crippen MR) is 84.4 cm³/mol. The van der Waals surface area contributed by atoms with E-state index in [-0.39, 0.29) is 6.04 Å². The first kappa shape index (κ1) is 17.0. The summed E-state index contributed by atoms with van der Waals surface area (Å²) in [7, 11) is 1.70. The summed E-state index contributed by atoms with van der Waals surface area (Å²) in [5.41, 5.74) is 11.0. The molecule has 20 heavy (non-hydrogen) atoms. The second-order valence-corrected chi connectivity index (χ2v) is 5.68. The second-order valence-electron chi connectivity index (χ2n) is 5.68. The summed E-state index contributed by atoms with van der Waals surface area (Å²) in [6.07, 6.45) is 3.05. The zero-order valence-corrected chi connectivity index (χ0v) is 13.5. The lowest BCUT2D eigenvalue weighted by molar-refractivity contribution is 0.131. The van der Waals surface area contributed by atoms with Gasteiger partial charge in [-0.25, -0.2) is 0 Å². The van der Waals surface area contributed by atoms with E-state index in [2.05, 4.69) is 33.8 Å².